The number of benzene rings is 1. The van der Waals surface area contributed by atoms with Crippen molar-refractivity contribution in [3.8, 4) is 11.5 Å². The van der Waals surface area contributed by atoms with E-state index in [2.05, 4.69) is 41.5 Å². The monoisotopic (exact) mass is 487 g/mol. The summed E-state index contributed by atoms with van der Waals surface area (Å²) in [6.07, 6.45) is 13.7. The first kappa shape index (κ1) is 29.7. The molecule has 3 atom stereocenters. The van der Waals surface area contributed by atoms with Gasteiger partial charge in [0.1, 0.15) is 17.1 Å². The first-order chi connectivity index (χ1) is 16.5. The summed E-state index contributed by atoms with van der Waals surface area (Å²) in [5, 5.41) is 0. The molecule has 4 nitrogen and oxygen atoms in total. The van der Waals surface area contributed by atoms with Gasteiger partial charge in [0.25, 0.3) is 0 Å². The molecule has 2 N–H and O–H groups in total. The van der Waals surface area contributed by atoms with Gasteiger partial charge in [-0.2, -0.15) is 0 Å². The minimum atomic E-state index is -0.396. The highest BCUT2D eigenvalue weighted by Gasteiger charge is 2.34. The van der Waals surface area contributed by atoms with Crippen LogP contribution in [-0.4, -0.2) is 18.1 Å². The van der Waals surface area contributed by atoms with E-state index in [4.69, 9.17) is 15.2 Å². The Bertz CT molecular complexity index is 831. The summed E-state index contributed by atoms with van der Waals surface area (Å²) in [5.74, 6) is 3.74. The smallest absolute Gasteiger partial charge is 0.325 e. The summed E-state index contributed by atoms with van der Waals surface area (Å²) in [7, 11) is 0. The summed E-state index contributed by atoms with van der Waals surface area (Å²) in [5.41, 5.74) is 9.58. The third kappa shape index (κ3) is 8.81. The number of rotatable bonds is 14. The van der Waals surface area contributed by atoms with E-state index >= 15 is 0 Å². The van der Waals surface area contributed by atoms with Crippen molar-refractivity contribution >= 4 is 5.97 Å². The van der Waals surface area contributed by atoms with E-state index in [1.165, 1.54) is 56.9 Å². The average Bonchev–Trinajstić information content (AvgIpc) is 2.79. The number of nitrogens with two attached hydrogens (primary N) is 1. The molecule has 0 bridgehead atoms. The van der Waals surface area contributed by atoms with Gasteiger partial charge in [-0.3, -0.25) is 4.79 Å². The lowest BCUT2D eigenvalue weighted by Crippen LogP contribution is -2.37. The summed E-state index contributed by atoms with van der Waals surface area (Å²) in [6.45, 7) is 17.8. The van der Waals surface area contributed by atoms with Crippen LogP contribution >= 0.6 is 0 Å². The minimum Gasteiger partial charge on any atom is -0.487 e. The number of hydrogen-bond donors (Lipinski definition) is 1. The lowest BCUT2D eigenvalue weighted by Gasteiger charge is -2.38. The predicted molar refractivity (Wildman–Crippen MR) is 147 cm³/mol. The third-order valence-electron chi connectivity index (χ3n) is 8.22. The van der Waals surface area contributed by atoms with Crippen LogP contribution in [0.15, 0.2) is 0 Å². The van der Waals surface area contributed by atoms with Crippen molar-refractivity contribution in [3.05, 3.63) is 22.3 Å². The van der Waals surface area contributed by atoms with Gasteiger partial charge in [-0.25, -0.2) is 0 Å². The van der Waals surface area contributed by atoms with Gasteiger partial charge in [0, 0.05) is 5.56 Å². The SMILES string of the molecule is Cc1c(C)c2c(c(C)c1OC(=O)CN)CC[C@@](C)(CCC[C@H](C)CCC[C@H](C)CCCC(C)C)O2. The van der Waals surface area contributed by atoms with Gasteiger partial charge in [0.05, 0.1) is 6.54 Å². The first-order valence-corrected chi connectivity index (χ1v) is 14.2. The number of fused-ring (bicyclic) bond motifs is 1. The molecular weight excluding hydrogens is 434 g/mol. The van der Waals surface area contributed by atoms with Crippen LogP contribution in [0.1, 0.15) is 121 Å². The fraction of sp³-hybridized carbons (Fsp3) is 0.774. The molecule has 200 valence electrons. The van der Waals surface area contributed by atoms with Crippen molar-refractivity contribution in [2.24, 2.45) is 23.5 Å². The van der Waals surface area contributed by atoms with Crippen molar-refractivity contribution in [2.45, 2.75) is 132 Å². The molecular formula is C31H53NO3. The molecule has 0 aliphatic carbocycles. The summed E-state index contributed by atoms with van der Waals surface area (Å²) >= 11 is 0. The second-order valence-corrected chi connectivity index (χ2v) is 12.1. The molecule has 0 fully saturated rings. The molecule has 4 heteroatoms. The van der Waals surface area contributed by atoms with Crippen molar-refractivity contribution in [2.75, 3.05) is 6.54 Å². The maximum Gasteiger partial charge on any atom is 0.325 e. The van der Waals surface area contributed by atoms with Gasteiger partial charge in [-0.1, -0.05) is 72.6 Å². The van der Waals surface area contributed by atoms with Gasteiger partial charge >= 0.3 is 5.97 Å². The molecule has 0 saturated carbocycles. The molecule has 1 aromatic rings. The van der Waals surface area contributed by atoms with E-state index in [1.54, 1.807) is 0 Å². The lowest BCUT2D eigenvalue weighted by atomic mass is 9.83. The average molecular weight is 488 g/mol. The van der Waals surface area contributed by atoms with Crippen LogP contribution in [-0.2, 0) is 11.2 Å². The summed E-state index contributed by atoms with van der Waals surface area (Å²) < 4.78 is 12.3. The standard InChI is InChI=1S/C31H53NO3/c1-21(2)12-9-13-22(3)14-10-15-23(4)16-11-18-31(8)19-17-27-26(7)29(34-28(33)20-32)24(5)25(6)30(27)35-31/h21-23H,9-20,32H2,1-8H3/t22-,23-,31-/m1/s1. The Morgan fingerprint density at radius 1 is 0.914 bits per heavy atom. The van der Waals surface area contributed by atoms with Gasteiger partial charge in [0.2, 0.25) is 0 Å². The molecule has 1 heterocycles. The number of ether oxygens (including phenoxy) is 2. The Morgan fingerprint density at radius 3 is 2.06 bits per heavy atom. The molecule has 0 amide bonds. The fourth-order valence-electron chi connectivity index (χ4n) is 5.57. The Morgan fingerprint density at radius 2 is 1.49 bits per heavy atom. The normalized spacial score (nSPS) is 19.3. The van der Waals surface area contributed by atoms with Crippen molar-refractivity contribution < 1.29 is 14.3 Å². The van der Waals surface area contributed by atoms with Crippen LogP contribution in [0.25, 0.3) is 0 Å². The molecule has 0 saturated heterocycles. The molecule has 1 aliphatic rings. The lowest BCUT2D eigenvalue weighted by molar-refractivity contribution is -0.132. The molecule has 0 aromatic heterocycles. The largest absolute Gasteiger partial charge is 0.487 e. The Balaban J connectivity index is 1.84. The quantitative estimate of drug-likeness (QED) is 0.213. The molecule has 1 aromatic carbocycles. The highest BCUT2D eigenvalue weighted by molar-refractivity contribution is 5.76. The highest BCUT2D eigenvalue weighted by atomic mass is 16.5. The maximum absolute atomic E-state index is 11.8. The molecule has 1 aliphatic heterocycles. The topological polar surface area (TPSA) is 61.5 Å². The summed E-state index contributed by atoms with van der Waals surface area (Å²) in [6, 6.07) is 0. The van der Waals surface area contributed by atoms with Crippen molar-refractivity contribution in [1.29, 1.82) is 0 Å². The molecule has 0 spiro atoms. The van der Waals surface area contributed by atoms with Crippen LogP contribution in [0.4, 0.5) is 0 Å². The number of carbonyl (C=O) groups excluding carboxylic acids is 1. The third-order valence-corrected chi connectivity index (χ3v) is 8.22. The number of hydrogen-bond acceptors (Lipinski definition) is 4. The first-order valence-electron chi connectivity index (χ1n) is 14.2. The molecule has 35 heavy (non-hydrogen) atoms. The molecule has 0 radical (unpaired) electrons. The van der Waals surface area contributed by atoms with E-state index in [9.17, 15) is 4.79 Å². The van der Waals surface area contributed by atoms with E-state index in [0.29, 0.717) is 5.75 Å². The Labute approximate surface area is 215 Å². The molecule has 0 unspecified atom stereocenters. The van der Waals surface area contributed by atoms with Crippen molar-refractivity contribution in [3.63, 3.8) is 0 Å². The van der Waals surface area contributed by atoms with E-state index in [0.717, 1.165) is 59.5 Å². The van der Waals surface area contributed by atoms with Crippen molar-refractivity contribution in [1.82, 2.24) is 0 Å². The minimum absolute atomic E-state index is 0.112. The van der Waals surface area contributed by atoms with Crippen LogP contribution in [0.5, 0.6) is 11.5 Å². The van der Waals surface area contributed by atoms with E-state index in [1.807, 2.05) is 13.8 Å². The maximum atomic E-state index is 11.8. The number of carbonyl (C=O) groups is 1. The van der Waals surface area contributed by atoms with Gasteiger partial charge in [-0.15, -0.1) is 0 Å². The number of esters is 1. The Hall–Kier alpha value is -1.55. The second-order valence-electron chi connectivity index (χ2n) is 12.1. The van der Waals surface area contributed by atoms with Crippen LogP contribution in [0.2, 0.25) is 0 Å². The highest BCUT2D eigenvalue weighted by Crippen LogP contribution is 2.45. The van der Waals surface area contributed by atoms with Gasteiger partial charge in [-0.05, 0) is 87.8 Å². The zero-order valence-corrected chi connectivity index (χ0v) is 24.0. The van der Waals surface area contributed by atoms with Crippen LogP contribution < -0.4 is 15.2 Å². The van der Waals surface area contributed by atoms with Gasteiger partial charge in [0.15, 0.2) is 0 Å². The zero-order chi connectivity index (χ0) is 26.2. The predicted octanol–water partition coefficient (Wildman–Crippen LogP) is 8.00. The molecule has 2 rings (SSSR count). The summed E-state index contributed by atoms with van der Waals surface area (Å²) in [4.78, 5) is 11.8. The van der Waals surface area contributed by atoms with Crippen LogP contribution in [0.3, 0.4) is 0 Å². The van der Waals surface area contributed by atoms with E-state index in [-0.39, 0.29) is 12.1 Å². The van der Waals surface area contributed by atoms with Crippen LogP contribution in [0, 0.1) is 38.5 Å². The second kappa shape index (κ2) is 13.7. The fourth-order valence-corrected chi connectivity index (χ4v) is 5.57. The Kier molecular flexibility index (Phi) is 11.6. The van der Waals surface area contributed by atoms with Gasteiger partial charge < -0.3 is 15.2 Å². The van der Waals surface area contributed by atoms with E-state index < -0.39 is 5.97 Å². The zero-order valence-electron chi connectivity index (χ0n) is 24.0.